The van der Waals surface area contributed by atoms with Gasteiger partial charge in [-0.25, -0.2) is 0 Å². The number of aromatic hydroxyl groups is 1. The molecule has 31 heavy (non-hydrogen) atoms. The van der Waals surface area contributed by atoms with E-state index in [2.05, 4.69) is 21.7 Å². The van der Waals surface area contributed by atoms with Crippen LogP contribution in [0, 0.1) is 0 Å². The van der Waals surface area contributed by atoms with Crippen LogP contribution in [0.5, 0.6) is 5.75 Å². The van der Waals surface area contributed by atoms with Crippen molar-refractivity contribution in [1.82, 2.24) is 14.8 Å². The molecule has 0 unspecified atom stereocenters. The number of aryl methyl sites for hydroxylation is 1. The highest BCUT2D eigenvalue weighted by Crippen LogP contribution is 2.41. The summed E-state index contributed by atoms with van der Waals surface area (Å²) in [4.78, 5) is 0. The van der Waals surface area contributed by atoms with Crippen molar-refractivity contribution in [3.8, 4) is 11.4 Å². The van der Waals surface area contributed by atoms with Gasteiger partial charge >= 0.3 is 0 Å². The summed E-state index contributed by atoms with van der Waals surface area (Å²) in [5.74, 6) is 1.12. The van der Waals surface area contributed by atoms with Gasteiger partial charge in [0.15, 0.2) is 5.16 Å². The number of rotatable bonds is 7. The van der Waals surface area contributed by atoms with Gasteiger partial charge in [0.1, 0.15) is 11.6 Å². The molecule has 0 saturated heterocycles. The molecule has 4 rings (SSSR count). The Morgan fingerprint density at radius 3 is 1.90 bits per heavy atom. The first-order valence-electron chi connectivity index (χ1n) is 9.96. The summed E-state index contributed by atoms with van der Waals surface area (Å²) in [5, 5.41) is 20.8. The smallest absolute Gasteiger partial charge is 0.196 e. The van der Waals surface area contributed by atoms with Gasteiger partial charge in [0.2, 0.25) is 0 Å². The lowest BCUT2D eigenvalue weighted by Crippen LogP contribution is -2.04. The fourth-order valence-corrected chi connectivity index (χ4v) is 4.79. The Morgan fingerprint density at radius 2 is 1.39 bits per heavy atom. The molecular weight excluding hydrogens is 449 g/mol. The van der Waals surface area contributed by atoms with Crippen molar-refractivity contribution in [2.75, 3.05) is 0 Å². The molecule has 0 aliphatic carbocycles. The minimum Gasteiger partial charge on any atom is -0.508 e. The number of nitrogens with zero attached hydrogens (tertiary/aromatic N) is 3. The molecule has 7 heteroatoms. The molecule has 1 aromatic heterocycles. The number of benzene rings is 3. The van der Waals surface area contributed by atoms with Crippen molar-refractivity contribution in [2.24, 2.45) is 0 Å². The van der Waals surface area contributed by atoms with Gasteiger partial charge in [0.25, 0.3) is 0 Å². The highest BCUT2D eigenvalue weighted by Gasteiger charge is 2.22. The zero-order valence-corrected chi connectivity index (χ0v) is 19.2. The van der Waals surface area contributed by atoms with Crippen LogP contribution in [-0.4, -0.2) is 19.9 Å². The van der Waals surface area contributed by atoms with E-state index in [1.165, 1.54) is 0 Å². The minimum atomic E-state index is -0.0240. The molecule has 0 bridgehead atoms. The van der Waals surface area contributed by atoms with Gasteiger partial charge in [-0.1, -0.05) is 66.2 Å². The van der Waals surface area contributed by atoms with E-state index >= 15 is 0 Å². The van der Waals surface area contributed by atoms with E-state index in [0.29, 0.717) is 10.0 Å². The second kappa shape index (κ2) is 9.77. The fraction of sp³-hybridized carbons (Fsp3) is 0.167. The minimum absolute atomic E-state index is 0.0240. The topological polar surface area (TPSA) is 50.9 Å². The maximum absolute atomic E-state index is 9.72. The molecule has 4 aromatic rings. The third-order valence-corrected chi connectivity index (χ3v) is 6.61. The van der Waals surface area contributed by atoms with Gasteiger partial charge < -0.3 is 5.11 Å². The number of hydrogen-bond donors (Lipinski definition) is 1. The predicted molar refractivity (Wildman–Crippen MR) is 128 cm³/mol. The Bertz CT molecular complexity index is 1100. The standard InChI is InChI=1S/C24H21Cl2N3OS/c1-2-3-22-27-28-24(29(22)20-12-14-21(30)15-13-20)31-23(16-4-8-18(25)9-5-16)17-6-10-19(26)11-7-17/h4-15,23,30H,2-3H2,1H3. The van der Waals surface area contributed by atoms with E-state index in [9.17, 15) is 5.11 Å². The lowest BCUT2D eigenvalue weighted by atomic mass is 10.0. The maximum atomic E-state index is 9.72. The summed E-state index contributed by atoms with van der Waals surface area (Å²) in [6.07, 6.45) is 1.76. The van der Waals surface area contributed by atoms with E-state index in [4.69, 9.17) is 23.2 Å². The molecule has 0 aliphatic rings. The monoisotopic (exact) mass is 469 g/mol. The number of phenolic OH excluding ortho intramolecular Hbond substituents is 1. The number of halogens is 2. The molecular formula is C24H21Cl2N3OS. The lowest BCUT2D eigenvalue weighted by Gasteiger charge is -2.18. The first kappa shape index (κ1) is 21.8. The lowest BCUT2D eigenvalue weighted by molar-refractivity contribution is 0.475. The largest absolute Gasteiger partial charge is 0.508 e. The van der Waals surface area contributed by atoms with Crippen LogP contribution in [0.15, 0.2) is 78.0 Å². The summed E-state index contributed by atoms with van der Waals surface area (Å²) < 4.78 is 2.06. The highest BCUT2D eigenvalue weighted by atomic mass is 35.5. The van der Waals surface area contributed by atoms with Crippen LogP contribution in [0.2, 0.25) is 10.0 Å². The Morgan fingerprint density at radius 1 is 0.839 bits per heavy atom. The van der Waals surface area contributed by atoms with Crippen LogP contribution in [-0.2, 0) is 6.42 Å². The molecule has 3 aromatic carbocycles. The van der Waals surface area contributed by atoms with Gasteiger partial charge in [0, 0.05) is 22.2 Å². The second-order valence-electron chi connectivity index (χ2n) is 7.10. The summed E-state index contributed by atoms with van der Waals surface area (Å²) >= 11 is 13.9. The summed E-state index contributed by atoms with van der Waals surface area (Å²) in [5.41, 5.74) is 3.13. The Hall–Kier alpha value is -2.47. The van der Waals surface area contributed by atoms with Gasteiger partial charge in [-0.15, -0.1) is 10.2 Å². The summed E-state index contributed by atoms with van der Waals surface area (Å²) in [7, 11) is 0. The van der Waals surface area contributed by atoms with E-state index in [1.54, 1.807) is 23.9 Å². The zero-order chi connectivity index (χ0) is 21.8. The Labute approximate surface area is 195 Å². The summed E-state index contributed by atoms with van der Waals surface area (Å²) in [6, 6.07) is 22.8. The molecule has 1 N–H and O–H groups in total. The van der Waals surface area contributed by atoms with Crippen LogP contribution < -0.4 is 0 Å². The average molecular weight is 470 g/mol. The third-order valence-electron chi connectivity index (χ3n) is 4.85. The molecule has 0 saturated carbocycles. The zero-order valence-electron chi connectivity index (χ0n) is 16.9. The molecule has 0 radical (unpaired) electrons. The molecule has 0 spiro atoms. The molecule has 1 heterocycles. The number of hydrogen-bond acceptors (Lipinski definition) is 4. The molecule has 158 valence electrons. The van der Waals surface area contributed by atoms with Crippen LogP contribution >= 0.6 is 35.0 Å². The van der Waals surface area contributed by atoms with E-state index in [1.807, 2.05) is 60.7 Å². The van der Waals surface area contributed by atoms with E-state index in [0.717, 1.165) is 40.6 Å². The van der Waals surface area contributed by atoms with Crippen molar-refractivity contribution < 1.29 is 5.11 Å². The molecule has 4 nitrogen and oxygen atoms in total. The SMILES string of the molecule is CCCc1nnc(SC(c2ccc(Cl)cc2)c2ccc(Cl)cc2)n1-c1ccc(O)cc1. The fourth-order valence-electron chi connectivity index (χ4n) is 3.33. The quantitative estimate of drug-likeness (QED) is 0.292. The van der Waals surface area contributed by atoms with Crippen molar-refractivity contribution in [3.63, 3.8) is 0 Å². The summed E-state index contributed by atoms with van der Waals surface area (Å²) in [6.45, 7) is 2.12. The van der Waals surface area contributed by atoms with Gasteiger partial charge in [-0.05, 0) is 66.1 Å². The van der Waals surface area contributed by atoms with Crippen LogP contribution in [0.1, 0.15) is 35.5 Å². The predicted octanol–water partition coefficient (Wildman–Crippen LogP) is 7.11. The molecule has 0 amide bonds. The Kier molecular flexibility index (Phi) is 6.86. The molecule has 0 aliphatic heterocycles. The number of phenols is 1. The van der Waals surface area contributed by atoms with Crippen molar-refractivity contribution in [2.45, 2.75) is 30.2 Å². The van der Waals surface area contributed by atoms with E-state index in [-0.39, 0.29) is 11.0 Å². The molecule has 0 atom stereocenters. The van der Waals surface area contributed by atoms with Crippen molar-refractivity contribution in [3.05, 3.63) is 99.8 Å². The number of thioether (sulfide) groups is 1. The maximum Gasteiger partial charge on any atom is 0.196 e. The first-order chi connectivity index (χ1) is 15.0. The van der Waals surface area contributed by atoms with Gasteiger partial charge in [0.05, 0.1) is 5.25 Å². The third kappa shape index (κ3) is 5.06. The van der Waals surface area contributed by atoms with Crippen LogP contribution in [0.3, 0.4) is 0 Å². The van der Waals surface area contributed by atoms with Crippen molar-refractivity contribution in [1.29, 1.82) is 0 Å². The average Bonchev–Trinajstić information content (AvgIpc) is 3.17. The van der Waals surface area contributed by atoms with Crippen molar-refractivity contribution >= 4 is 35.0 Å². The van der Waals surface area contributed by atoms with Gasteiger partial charge in [-0.3, -0.25) is 4.57 Å². The van der Waals surface area contributed by atoms with E-state index < -0.39 is 0 Å². The normalized spacial score (nSPS) is 11.2. The number of aromatic nitrogens is 3. The van der Waals surface area contributed by atoms with Crippen LogP contribution in [0.25, 0.3) is 5.69 Å². The van der Waals surface area contributed by atoms with Gasteiger partial charge in [-0.2, -0.15) is 0 Å². The molecule has 0 fully saturated rings. The first-order valence-corrected chi connectivity index (χ1v) is 11.6. The highest BCUT2D eigenvalue weighted by molar-refractivity contribution is 7.99. The van der Waals surface area contributed by atoms with Crippen LogP contribution in [0.4, 0.5) is 0 Å². The second-order valence-corrected chi connectivity index (χ2v) is 9.05. The Balaban J connectivity index is 1.78.